The summed E-state index contributed by atoms with van der Waals surface area (Å²) in [4.78, 5) is 26.8. The van der Waals surface area contributed by atoms with Crippen molar-refractivity contribution in [3.8, 4) is 5.75 Å². The molecule has 0 fully saturated rings. The minimum absolute atomic E-state index is 0.228. The number of nitrogens with zero attached hydrogens (tertiary/aromatic N) is 3. The zero-order valence-corrected chi connectivity index (χ0v) is 17.8. The van der Waals surface area contributed by atoms with Crippen molar-refractivity contribution in [3.63, 3.8) is 0 Å². The Bertz CT molecular complexity index is 1060. The predicted octanol–water partition coefficient (Wildman–Crippen LogP) is 4.09. The van der Waals surface area contributed by atoms with Crippen LogP contribution in [0.25, 0.3) is 0 Å². The lowest BCUT2D eigenvalue weighted by Gasteiger charge is -2.14. The fourth-order valence-corrected chi connectivity index (χ4v) is 3.05. The summed E-state index contributed by atoms with van der Waals surface area (Å²) in [6, 6.07) is 14.2. The average Bonchev–Trinajstić information content (AvgIpc) is 3.14. The molecule has 2 amide bonds. The van der Waals surface area contributed by atoms with Gasteiger partial charge in [-0.1, -0.05) is 29.8 Å². The van der Waals surface area contributed by atoms with Crippen LogP contribution in [-0.4, -0.2) is 40.6 Å². The number of amides is 2. The minimum Gasteiger partial charge on any atom is -0.489 e. The van der Waals surface area contributed by atoms with Crippen molar-refractivity contribution in [1.82, 2.24) is 14.7 Å². The lowest BCUT2D eigenvalue weighted by atomic mass is 10.1. The van der Waals surface area contributed by atoms with Crippen LogP contribution in [0.5, 0.6) is 5.75 Å². The highest BCUT2D eigenvalue weighted by Gasteiger charge is 2.21. The smallest absolute Gasteiger partial charge is 0.273 e. The molecule has 0 aliphatic heterocycles. The van der Waals surface area contributed by atoms with E-state index in [1.807, 2.05) is 25.1 Å². The number of aromatic nitrogens is 2. The second kappa shape index (κ2) is 9.45. The summed E-state index contributed by atoms with van der Waals surface area (Å²) in [6.07, 6.45) is 1.49. The van der Waals surface area contributed by atoms with E-state index in [1.54, 1.807) is 49.1 Å². The Balaban J connectivity index is 1.74. The van der Waals surface area contributed by atoms with E-state index in [0.717, 1.165) is 5.56 Å². The first kappa shape index (κ1) is 21.4. The third kappa shape index (κ3) is 4.99. The van der Waals surface area contributed by atoms with Gasteiger partial charge in [-0.2, -0.15) is 5.10 Å². The van der Waals surface area contributed by atoms with Crippen molar-refractivity contribution < 1.29 is 14.3 Å². The molecular weight excluding hydrogens is 404 g/mol. The van der Waals surface area contributed by atoms with Gasteiger partial charge < -0.3 is 15.0 Å². The van der Waals surface area contributed by atoms with Gasteiger partial charge in [-0.25, -0.2) is 0 Å². The van der Waals surface area contributed by atoms with Gasteiger partial charge >= 0.3 is 0 Å². The fourth-order valence-electron chi connectivity index (χ4n) is 2.87. The molecule has 0 saturated carbocycles. The molecule has 0 aliphatic rings. The van der Waals surface area contributed by atoms with E-state index in [4.69, 9.17) is 16.3 Å². The molecule has 30 heavy (non-hydrogen) atoms. The SMILES string of the molecule is CCn1ncc(NC(=O)c2cccc(COc3cccc(Cl)c3)c2)c1C(=O)N(C)C. The third-order valence-corrected chi connectivity index (χ3v) is 4.62. The highest BCUT2D eigenvalue weighted by Crippen LogP contribution is 2.20. The van der Waals surface area contributed by atoms with Crippen LogP contribution in [0.4, 0.5) is 5.69 Å². The Morgan fingerprint density at radius 3 is 2.63 bits per heavy atom. The first-order chi connectivity index (χ1) is 14.4. The molecule has 0 unspecified atom stereocenters. The van der Waals surface area contributed by atoms with Gasteiger partial charge in [0.2, 0.25) is 0 Å². The molecule has 7 nitrogen and oxygen atoms in total. The van der Waals surface area contributed by atoms with E-state index >= 15 is 0 Å². The molecule has 1 aromatic heterocycles. The van der Waals surface area contributed by atoms with E-state index in [9.17, 15) is 9.59 Å². The largest absolute Gasteiger partial charge is 0.489 e. The highest BCUT2D eigenvalue weighted by atomic mass is 35.5. The van der Waals surface area contributed by atoms with Crippen molar-refractivity contribution in [2.45, 2.75) is 20.1 Å². The van der Waals surface area contributed by atoms with E-state index in [1.165, 1.54) is 11.1 Å². The van der Waals surface area contributed by atoms with Crippen LogP contribution in [0.1, 0.15) is 33.3 Å². The van der Waals surface area contributed by atoms with Crippen molar-refractivity contribution in [2.75, 3.05) is 19.4 Å². The zero-order chi connectivity index (χ0) is 21.7. The lowest BCUT2D eigenvalue weighted by molar-refractivity contribution is 0.0816. The first-order valence-electron chi connectivity index (χ1n) is 9.45. The van der Waals surface area contributed by atoms with Gasteiger partial charge in [0, 0.05) is 31.2 Å². The maximum absolute atomic E-state index is 12.8. The standard InChI is InChI=1S/C22H23ClN4O3/c1-4-27-20(22(29)26(2)3)19(13-24-27)25-21(28)16-8-5-7-15(11-16)14-30-18-10-6-9-17(23)12-18/h5-13H,4,14H2,1-3H3,(H,25,28). The molecule has 0 bridgehead atoms. The lowest BCUT2D eigenvalue weighted by Crippen LogP contribution is -2.26. The second-order valence-electron chi connectivity index (χ2n) is 6.82. The molecule has 8 heteroatoms. The predicted molar refractivity (Wildman–Crippen MR) is 116 cm³/mol. The van der Waals surface area contributed by atoms with Crippen molar-refractivity contribution in [3.05, 3.63) is 76.6 Å². The van der Waals surface area contributed by atoms with Gasteiger partial charge in [0.15, 0.2) is 0 Å². The molecular formula is C22H23ClN4O3. The number of hydrogen-bond acceptors (Lipinski definition) is 4. The summed E-state index contributed by atoms with van der Waals surface area (Å²) in [5.74, 6) is 0.0903. The summed E-state index contributed by atoms with van der Waals surface area (Å²) in [6.45, 7) is 2.69. The monoisotopic (exact) mass is 426 g/mol. The van der Waals surface area contributed by atoms with Crippen LogP contribution >= 0.6 is 11.6 Å². The van der Waals surface area contributed by atoms with Crippen LogP contribution in [0.3, 0.4) is 0 Å². The summed E-state index contributed by atoms with van der Waals surface area (Å²) in [5.41, 5.74) is 2.00. The van der Waals surface area contributed by atoms with Gasteiger partial charge in [0.1, 0.15) is 18.1 Å². The maximum atomic E-state index is 12.8. The zero-order valence-electron chi connectivity index (χ0n) is 17.1. The van der Waals surface area contributed by atoms with Gasteiger partial charge in [-0.05, 0) is 42.8 Å². The Hall–Kier alpha value is -3.32. The number of nitrogens with one attached hydrogen (secondary N) is 1. The van der Waals surface area contributed by atoms with Gasteiger partial charge in [0.05, 0.1) is 11.9 Å². The number of ether oxygens (including phenoxy) is 1. The van der Waals surface area contributed by atoms with Crippen molar-refractivity contribution in [2.24, 2.45) is 0 Å². The topological polar surface area (TPSA) is 76.5 Å². The number of anilines is 1. The molecule has 0 radical (unpaired) electrons. The molecule has 1 heterocycles. The number of benzene rings is 2. The first-order valence-corrected chi connectivity index (χ1v) is 9.83. The molecule has 2 aromatic carbocycles. The molecule has 156 valence electrons. The fraction of sp³-hybridized carbons (Fsp3) is 0.227. The third-order valence-electron chi connectivity index (χ3n) is 4.39. The number of aryl methyl sites for hydroxylation is 1. The minimum atomic E-state index is -0.330. The van der Waals surface area contributed by atoms with Crippen molar-refractivity contribution >= 4 is 29.1 Å². The van der Waals surface area contributed by atoms with Crippen LogP contribution in [0.2, 0.25) is 5.02 Å². The average molecular weight is 427 g/mol. The Kier molecular flexibility index (Phi) is 6.74. The number of hydrogen-bond donors (Lipinski definition) is 1. The molecule has 0 saturated heterocycles. The quantitative estimate of drug-likeness (QED) is 0.617. The van der Waals surface area contributed by atoms with E-state index in [2.05, 4.69) is 10.4 Å². The van der Waals surface area contributed by atoms with Gasteiger partial charge in [-0.15, -0.1) is 0 Å². The molecule has 0 aliphatic carbocycles. The molecule has 0 spiro atoms. The van der Waals surface area contributed by atoms with Crippen molar-refractivity contribution in [1.29, 1.82) is 0 Å². The number of carbonyl (C=O) groups excluding carboxylic acids is 2. The molecule has 0 atom stereocenters. The van der Waals surface area contributed by atoms with Crippen LogP contribution in [0.15, 0.2) is 54.7 Å². The van der Waals surface area contributed by atoms with E-state index < -0.39 is 0 Å². The van der Waals surface area contributed by atoms with Crippen LogP contribution in [-0.2, 0) is 13.2 Å². The summed E-state index contributed by atoms with van der Waals surface area (Å²) < 4.78 is 7.30. The molecule has 3 aromatic rings. The van der Waals surface area contributed by atoms with Crippen LogP contribution < -0.4 is 10.1 Å². The molecule has 3 rings (SSSR count). The number of rotatable bonds is 7. The summed E-state index contributed by atoms with van der Waals surface area (Å²) in [5, 5.41) is 7.59. The van der Waals surface area contributed by atoms with E-state index in [0.29, 0.717) is 40.9 Å². The Labute approximate surface area is 180 Å². The number of halogens is 1. The molecule has 1 N–H and O–H groups in total. The van der Waals surface area contributed by atoms with Gasteiger partial charge in [-0.3, -0.25) is 14.3 Å². The normalized spacial score (nSPS) is 10.5. The van der Waals surface area contributed by atoms with Crippen LogP contribution in [0, 0.1) is 0 Å². The Morgan fingerprint density at radius 1 is 1.17 bits per heavy atom. The maximum Gasteiger partial charge on any atom is 0.273 e. The van der Waals surface area contributed by atoms with Gasteiger partial charge in [0.25, 0.3) is 11.8 Å². The summed E-state index contributed by atoms with van der Waals surface area (Å²) in [7, 11) is 3.31. The Morgan fingerprint density at radius 2 is 1.93 bits per heavy atom. The summed E-state index contributed by atoms with van der Waals surface area (Å²) >= 11 is 5.97. The highest BCUT2D eigenvalue weighted by molar-refractivity contribution is 6.30. The van der Waals surface area contributed by atoms with E-state index in [-0.39, 0.29) is 11.8 Å². The number of carbonyl (C=O) groups is 2. The second-order valence-corrected chi connectivity index (χ2v) is 7.26.